The van der Waals surface area contributed by atoms with Crippen LogP contribution in [-0.2, 0) is 0 Å². The number of rotatable bonds is 8. The Morgan fingerprint density at radius 3 is 2.42 bits per heavy atom. The van der Waals surface area contributed by atoms with Gasteiger partial charge in [-0.05, 0) is 30.7 Å². The van der Waals surface area contributed by atoms with Crippen molar-refractivity contribution in [1.82, 2.24) is 9.88 Å². The number of carboxylic acids is 1. The molecule has 0 spiro atoms. The molecule has 8 heteroatoms. The zero-order chi connectivity index (χ0) is 23.9. The molecule has 33 heavy (non-hydrogen) atoms. The number of hydrogen-bond acceptors (Lipinski definition) is 3. The minimum atomic E-state index is -2.75. The Kier molecular flexibility index (Phi) is 10.9. The molecule has 0 aliphatic rings. The van der Waals surface area contributed by atoms with Crippen LogP contribution in [-0.4, -0.2) is 53.6 Å². The SMILES string of the molecule is [CH2-]CN(C[CH-]c1ccc(C(=O)O)cc1)CC(C)(F)F.[CH2-]c1c(OC)cc(C)c2[nH]ccc12.[Li+]. The second kappa shape index (κ2) is 12.6. The van der Waals surface area contributed by atoms with Crippen LogP contribution in [0.1, 0.15) is 34.0 Å². The van der Waals surface area contributed by atoms with Gasteiger partial charge in [0.1, 0.15) is 0 Å². The van der Waals surface area contributed by atoms with Gasteiger partial charge in [-0.1, -0.05) is 17.5 Å². The van der Waals surface area contributed by atoms with Gasteiger partial charge in [0.15, 0.2) is 0 Å². The van der Waals surface area contributed by atoms with Crippen molar-refractivity contribution in [2.45, 2.75) is 19.8 Å². The van der Waals surface area contributed by atoms with Crippen molar-refractivity contribution in [2.24, 2.45) is 0 Å². The smallest absolute Gasteiger partial charge is 0.554 e. The molecular formula is C25H29F2LiN2O3-2. The minimum absolute atomic E-state index is 0. The van der Waals surface area contributed by atoms with E-state index >= 15 is 0 Å². The molecule has 0 saturated heterocycles. The number of aromatic carboxylic acids is 1. The third kappa shape index (κ3) is 8.36. The number of H-pyrrole nitrogens is 1. The maximum atomic E-state index is 12.9. The number of methoxy groups -OCH3 is 1. The van der Waals surface area contributed by atoms with E-state index in [9.17, 15) is 13.6 Å². The normalized spacial score (nSPS) is 10.9. The Morgan fingerprint density at radius 2 is 1.91 bits per heavy atom. The van der Waals surface area contributed by atoms with Crippen molar-refractivity contribution in [3.8, 4) is 5.75 Å². The molecule has 174 valence electrons. The molecule has 5 nitrogen and oxygen atoms in total. The number of benzene rings is 2. The van der Waals surface area contributed by atoms with Crippen LogP contribution in [0.4, 0.5) is 8.78 Å². The van der Waals surface area contributed by atoms with Crippen molar-refractivity contribution >= 4 is 16.9 Å². The van der Waals surface area contributed by atoms with Crippen LogP contribution in [0.25, 0.3) is 10.9 Å². The first-order valence-electron chi connectivity index (χ1n) is 10.1. The fraction of sp³-hybridized carbons (Fsp3) is 0.280. The quantitative estimate of drug-likeness (QED) is 0.409. The zero-order valence-corrected chi connectivity index (χ0v) is 19.6. The maximum absolute atomic E-state index is 12.9. The van der Waals surface area contributed by atoms with E-state index in [0.717, 1.165) is 34.7 Å². The topological polar surface area (TPSA) is 65.6 Å². The summed E-state index contributed by atoms with van der Waals surface area (Å²) in [4.78, 5) is 15.4. The average Bonchev–Trinajstić information content (AvgIpc) is 3.24. The third-order valence-electron chi connectivity index (χ3n) is 4.89. The number of aryl methyl sites for hydroxylation is 1. The van der Waals surface area contributed by atoms with Gasteiger partial charge >= 0.3 is 24.8 Å². The number of nitrogens with one attached hydrogen (secondary N) is 1. The van der Waals surface area contributed by atoms with Crippen LogP contribution in [0, 0.1) is 27.2 Å². The largest absolute Gasteiger partial charge is 1.00 e. The van der Waals surface area contributed by atoms with Gasteiger partial charge in [0, 0.05) is 18.2 Å². The van der Waals surface area contributed by atoms with Gasteiger partial charge in [0.05, 0.1) is 13.7 Å². The van der Waals surface area contributed by atoms with Crippen molar-refractivity contribution in [1.29, 1.82) is 0 Å². The molecule has 0 amide bonds. The first-order chi connectivity index (χ1) is 15.1. The number of alkyl halides is 2. The minimum Gasteiger partial charge on any atom is -0.554 e. The van der Waals surface area contributed by atoms with E-state index in [1.807, 2.05) is 18.3 Å². The fourth-order valence-electron chi connectivity index (χ4n) is 3.24. The number of hydrogen-bond donors (Lipinski definition) is 2. The summed E-state index contributed by atoms with van der Waals surface area (Å²) in [6.45, 7) is 10.8. The summed E-state index contributed by atoms with van der Waals surface area (Å²) in [7, 11) is 1.67. The first-order valence-corrected chi connectivity index (χ1v) is 10.1. The van der Waals surface area contributed by atoms with Gasteiger partial charge in [-0.3, -0.25) is 0 Å². The Labute approximate surface area is 206 Å². The molecule has 3 rings (SSSR count). The molecule has 0 aliphatic heterocycles. The molecule has 0 saturated carbocycles. The van der Waals surface area contributed by atoms with Crippen molar-refractivity contribution < 1.29 is 42.3 Å². The number of carboxylic acid groups (broad SMARTS) is 1. The number of aromatic nitrogens is 1. The number of aromatic amines is 1. The summed E-state index contributed by atoms with van der Waals surface area (Å²) in [5.74, 6) is -2.89. The van der Waals surface area contributed by atoms with E-state index in [1.54, 1.807) is 25.7 Å². The van der Waals surface area contributed by atoms with E-state index in [4.69, 9.17) is 9.84 Å². The van der Waals surface area contributed by atoms with Crippen LogP contribution < -0.4 is 23.6 Å². The standard InChI is InChI=1S/C14H17F2NO2.C11H12NO.Li/c1-3-17(10-14(2,15)16)9-8-11-4-6-12(7-5-11)13(18)19;1-7-6-10(13-3)8(2)9-4-5-12-11(7)9;/h4-8H,1,3,9-10H2,2H3,(H,18,19);4-6,12H,2H2,1,3H3;/q-2;-1;+1. The Morgan fingerprint density at radius 1 is 1.27 bits per heavy atom. The second-order valence-electron chi connectivity index (χ2n) is 7.58. The van der Waals surface area contributed by atoms with Crippen molar-refractivity contribution in [3.05, 3.63) is 85.1 Å². The molecule has 2 aromatic carbocycles. The summed E-state index contributed by atoms with van der Waals surface area (Å²) in [6, 6.07) is 10.3. The van der Waals surface area contributed by atoms with Gasteiger partial charge < -0.3 is 26.7 Å². The number of ether oxygens (including phenoxy) is 1. The number of nitrogens with zero attached hydrogens (tertiary/aromatic N) is 1. The van der Waals surface area contributed by atoms with E-state index in [-0.39, 0.29) is 37.5 Å². The third-order valence-corrected chi connectivity index (χ3v) is 4.89. The predicted molar refractivity (Wildman–Crippen MR) is 123 cm³/mol. The van der Waals surface area contributed by atoms with Crippen molar-refractivity contribution in [3.63, 3.8) is 0 Å². The first kappa shape index (κ1) is 28.4. The van der Waals surface area contributed by atoms with Crippen molar-refractivity contribution in [2.75, 3.05) is 26.7 Å². The molecule has 0 atom stereocenters. The Bertz CT molecular complexity index is 1030. The number of carbonyl (C=O) groups is 1. The molecule has 0 aliphatic carbocycles. The van der Waals surface area contributed by atoms with Gasteiger partial charge in [0.2, 0.25) is 0 Å². The summed E-state index contributed by atoms with van der Waals surface area (Å²) in [5.41, 5.74) is 4.27. The molecular weight excluding hydrogens is 421 g/mol. The van der Waals surface area contributed by atoms with E-state index in [2.05, 4.69) is 25.8 Å². The number of halogens is 2. The van der Waals surface area contributed by atoms with Gasteiger partial charge in [-0.25, -0.2) is 13.6 Å². The molecule has 1 heterocycles. The molecule has 0 unspecified atom stereocenters. The Hall–Kier alpha value is -2.59. The van der Waals surface area contributed by atoms with E-state index in [1.165, 1.54) is 22.6 Å². The summed E-state index contributed by atoms with van der Waals surface area (Å²) in [5, 5.41) is 9.89. The van der Waals surface area contributed by atoms with Gasteiger partial charge in [-0.2, -0.15) is 31.0 Å². The Balaban J connectivity index is 0.000000339. The van der Waals surface area contributed by atoms with Gasteiger partial charge in [-0.15, -0.1) is 24.2 Å². The van der Waals surface area contributed by atoms with Gasteiger partial charge in [0.25, 0.3) is 5.92 Å². The molecule has 0 radical (unpaired) electrons. The fourth-order valence-corrected chi connectivity index (χ4v) is 3.24. The molecule has 3 aromatic rings. The molecule has 0 bridgehead atoms. The van der Waals surface area contributed by atoms with E-state index in [0.29, 0.717) is 6.54 Å². The average molecular weight is 450 g/mol. The maximum Gasteiger partial charge on any atom is 1.00 e. The van der Waals surface area contributed by atoms with Crippen LogP contribution in [0.15, 0.2) is 42.6 Å². The molecule has 2 N–H and O–H groups in total. The summed E-state index contributed by atoms with van der Waals surface area (Å²) in [6.07, 6.45) is 3.69. The summed E-state index contributed by atoms with van der Waals surface area (Å²) < 4.78 is 31.0. The monoisotopic (exact) mass is 450 g/mol. The number of fused-ring (bicyclic) bond motifs is 1. The van der Waals surface area contributed by atoms with Crippen LogP contribution in [0.5, 0.6) is 5.75 Å². The van der Waals surface area contributed by atoms with Crippen LogP contribution >= 0.6 is 0 Å². The molecule has 0 fully saturated rings. The van der Waals surface area contributed by atoms with E-state index < -0.39 is 11.9 Å². The summed E-state index contributed by atoms with van der Waals surface area (Å²) >= 11 is 0. The predicted octanol–water partition coefficient (Wildman–Crippen LogP) is 2.40. The van der Waals surface area contributed by atoms with Crippen LogP contribution in [0.2, 0.25) is 0 Å². The second-order valence-corrected chi connectivity index (χ2v) is 7.58. The van der Waals surface area contributed by atoms with Crippen LogP contribution in [0.3, 0.4) is 0 Å². The molecule has 1 aromatic heterocycles. The zero-order valence-electron chi connectivity index (χ0n) is 19.6.